The highest BCUT2D eigenvalue weighted by molar-refractivity contribution is 6.31. The van der Waals surface area contributed by atoms with E-state index < -0.39 is 6.10 Å². The summed E-state index contributed by atoms with van der Waals surface area (Å²) in [6.45, 7) is 0. The molecule has 2 aromatic rings. The SMILES string of the molecule is OC(Cc1ncccc1Cl)c1ccccc1. The van der Waals surface area contributed by atoms with Crippen LogP contribution in [0.2, 0.25) is 5.02 Å². The van der Waals surface area contributed by atoms with Crippen LogP contribution in [-0.4, -0.2) is 10.1 Å². The third-order valence-corrected chi connectivity index (χ3v) is 2.75. The summed E-state index contributed by atoms with van der Waals surface area (Å²) in [5.41, 5.74) is 1.60. The lowest BCUT2D eigenvalue weighted by atomic mass is 10.0. The predicted molar refractivity (Wildman–Crippen MR) is 64.4 cm³/mol. The zero-order valence-electron chi connectivity index (χ0n) is 8.68. The summed E-state index contributed by atoms with van der Waals surface area (Å²) in [6.07, 6.45) is 1.55. The van der Waals surface area contributed by atoms with Crippen molar-refractivity contribution < 1.29 is 5.11 Å². The highest BCUT2D eigenvalue weighted by Gasteiger charge is 2.10. The molecule has 1 aromatic carbocycles. The van der Waals surface area contributed by atoms with Crippen molar-refractivity contribution in [1.82, 2.24) is 4.98 Å². The molecule has 1 unspecified atom stereocenters. The molecule has 1 heterocycles. The number of benzene rings is 1. The molecule has 0 spiro atoms. The van der Waals surface area contributed by atoms with E-state index in [9.17, 15) is 5.11 Å². The third-order valence-electron chi connectivity index (χ3n) is 2.41. The molecule has 0 saturated heterocycles. The van der Waals surface area contributed by atoms with E-state index in [-0.39, 0.29) is 0 Å². The van der Waals surface area contributed by atoms with E-state index in [0.29, 0.717) is 11.4 Å². The second-order valence-electron chi connectivity index (χ2n) is 3.56. The van der Waals surface area contributed by atoms with Crippen molar-refractivity contribution in [3.05, 3.63) is 64.9 Å². The quantitative estimate of drug-likeness (QED) is 0.884. The van der Waals surface area contributed by atoms with Crippen molar-refractivity contribution in [3.8, 4) is 0 Å². The van der Waals surface area contributed by atoms with Gasteiger partial charge in [0.1, 0.15) is 0 Å². The minimum Gasteiger partial charge on any atom is -0.388 e. The van der Waals surface area contributed by atoms with Crippen LogP contribution in [0.5, 0.6) is 0 Å². The summed E-state index contributed by atoms with van der Waals surface area (Å²) < 4.78 is 0. The number of aliphatic hydroxyl groups excluding tert-OH is 1. The van der Waals surface area contributed by atoms with Crippen LogP contribution in [-0.2, 0) is 6.42 Å². The van der Waals surface area contributed by atoms with Crippen molar-refractivity contribution in [3.63, 3.8) is 0 Å². The Bertz CT molecular complexity index is 458. The minimum absolute atomic E-state index is 0.434. The van der Waals surface area contributed by atoms with Gasteiger partial charge in [0.2, 0.25) is 0 Å². The van der Waals surface area contributed by atoms with E-state index in [4.69, 9.17) is 11.6 Å². The van der Waals surface area contributed by atoms with E-state index >= 15 is 0 Å². The fourth-order valence-corrected chi connectivity index (χ4v) is 1.74. The van der Waals surface area contributed by atoms with Gasteiger partial charge in [0, 0.05) is 12.6 Å². The number of halogens is 1. The van der Waals surface area contributed by atoms with Crippen molar-refractivity contribution >= 4 is 11.6 Å². The molecule has 0 saturated carbocycles. The summed E-state index contributed by atoms with van der Waals surface area (Å²) in [6, 6.07) is 13.1. The first-order chi connectivity index (χ1) is 7.77. The molecular weight excluding hydrogens is 222 g/mol. The standard InChI is InChI=1S/C13H12ClNO/c14-11-7-4-8-15-12(11)9-13(16)10-5-2-1-3-6-10/h1-8,13,16H,9H2. The topological polar surface area (TPSA) is 33.1 Å². The van der Waals surface area contributed by atoms with E-state index in [1.165, 1.54) is 0 Å². The Labute approximate surface area is 99.5 Å². The van der Waals surface area contributed by atoms with Crippen molar-refractivity contribution in [1.29, 1.82) is 0 Å². The molecule has 16 heavy (non-hydrogen) atoms. The fraction of sp³-hybridized carbons (Fsp3) is 0.154. The van der Waals surface area contributed by atoms with Crippen LogP contribution in [0, 0.1) is 0 Å². The molecule has 0 radical (unpaired) electrons. The van der Waals surface area contributed by atoms with Crippen molar-refractivity contribution in [2.45, 2.75) is 12.5 Å². The smallest absolute Gasteiger partial charge is 0.0846 e. The Hall–Kier alpha value is -1.38. The maximum atomic E-state index is 10.00. The second kappa shape index (κ2) is 5.10. The molecule has 1 aromatic heterocycles. The maximum Gasteiger partial charge on any atom is 0.0846 e. The number of pyridine rings is 1. The van der Waals surface area contributed by atoms with Crippen LogP contribution in [0.1, 0.15) is 17.4 Å². The second-order valence-corrected chi connectivity index (χ2v) is 3.97. The summed E-state index contributed by atoms with van der Waals surface area (Å²) in [7, 11) is 0. The Morgan fingerprint density at radius 1 is 1.12 bits per heavy atom. The fourth-order valence-electron chi connectivity index (χ4n) is 1.54. The van der Waals surface area contributed by atoms with Gasteiger partial charge < -0.3 is 5.11 Å². The molecule has 0 aliphatic carbocycles. The lowest BCUT2D eigenvalue weighted by Gasteiger charge is -2.10. The lowest BCUT2D eigenvalue weighted by molar-refractivity contribution is 0.177. The first-order valence-corrected chi connectivity index (χ1v) is 5.47. The van der Waals surface area contributed by atoms with E-state index in [2.05, 4.69) is 4.98 Å². The maximum absolute atomic E-state index is 10.00. The van der Waals surface area contributed by atoms with Gasteiger partial charge >= 0.3 is 0 Å². The van der Waals surface area contributed by atoms with Crippen LogP contribution >= 0.6 is 11.6 Å². The van der Waals surface area contributed by atoms with E-state index in [1.807, 2.05) is 30.3 Å². The minimum atomic E-state index is -0.561. The highest BCUT2D eigenvalue weighted by atomic mass is 35.5. The molecule has 1 N–H and O–H groups in total. The number of nitrogens with zero attached hydrogens (tertiary/aromatic N) is 1. The normalized spacial score (nSPS) is 12.4. The van der Waals surface area contributed by atoms with Gasteiger partial charge in [-0.15, -0.1) is 0 Å². The van der Waals surface area contributed by atoms with Crippen molar-refractivity contribution in [2.75, 3.05) is 0 Å². The summed E-state index contributed by atoms with van der Waals surface area (Å²) in [5, 5.41) is 10.6. The molecule has 0 fully saturated rings. The summed E-state index contributed by atoms with van der Waals surface area (Å²) in [4.78, 5) is 4.15. The largest absolute Gasteiger partial charge is 0.388 e. The molecule has 0 aliphatic heterocycles. The molecular formula is C13H12ClNO. The van der Waals surface area contributed by atoms with Gasteiger partial charge in [0.15, 0.2) is 0 Å². The zero-order chi connectivity index (χ0) is 11.4. The average Bonchev–Trinajstić information content (AvgIpc) is 2.33. The first kappa shape index (κ1) is 11.1. The van der Waals surface area contributed by atoms with Gasteiger partial charge in [-0.1, -0.05) is 41.9 Å². The molecule has 2 nitrogen and oxygen atoms in total. The van der Waals surface area contributed by atoms with Crippen LogP contribution in [0.25, 0.3) is 0 Å². The lowest BCUT2D eigenvalue weighted by Crippen LogP contribution is -2.03. The first-order valence-electron chi connectivity index (χ1n) is 5.10. The Kier molecular flexibility index (Phi) is 3.54. The Balaban J connectivity index is 2.14. The monoisotopic (exact) mass is 233 g/mol. The Morgan fingerprint density at radius 3 is 2.56 bits per heavy atom. The van der Waals surface area contributed by atoms with Gasteiger partial charge in [0.05, 0.1) is 16.8 Å². The van der Waals surface area contributed by atoms with Gasteiger partial charge in [-0.2, -0.15) is 0 Å². The van der Waals surface area contributed by atoms with Crippen molar-refractivity contribution in [2.24, 2.45) is 0 Å². The molecule has 0 aliphatic rings. The van der Waals surface area contributed by atoms with Gasteiger partial charge in [-0.05, 0) is 17.7 Å². The van der Waals surface area contributed by atoms with E-state index in [1.54, 1.807) is 18.3 Å². The molecule has 0 bridgehead atoms. The van der Waals surface area contributed by atoms with Gasteiger partial charge in [0.25, 0.3) is 0 Å². The van der Waals surface area contributed by atoms with Crippen LogP contribution in [0.4, 0.5) is 0 Å². The van der Waals surface area contributed by atoms with Gasteiger partial charge in [-0.25, -0.2) is 0 Å². The molecule has 0 amide bonds. The number of aliphatic hydroxyl groups is 1. The number of aromatic nitrogens is 1. The number of rotatable bonds is 3. The zero-order valence-corrected chi connectivity index (χ0v) is 9.43. The summed E-state index contributed by atoms with van der Waals surface area (Å²) >= 11 is 5.98. The molecule has 3 heteroatoms. The molecule has 82 valence electrons. The van der Waals surface area contributed by atoms with Crippen LogP contribution in [0.15, 0.2) is 48.7 Å². The average molecular weight is 234 g/mol. The Morgan fingerprint density at radius 2 is 1.88 bits per heavy atom. The molecule has 1 atom stereocenters. The number of hydrogen-bond donors (Lipinski definition) is 1. The predicted octanol–water partition coefficient (Wildman–Crippen LogP) is 3.01. The number of hydrogen-bond acceptors (Lipinski definition) is 2. The van der Waals surface area contributed by atoms with Crippen LogP contribution < -0.4 is 0 Å². The summed E-state index contributed by atoms with van der Waals surface area (Å²) in [5.74, 6) is 0. The van der Waals surface area contributed by atoms with Crippen LogP contribution in [0.3, 0.4) is 0 Å². The van der Waals surface area contributed by atoms with E-state index in [0.717, 1.165) is 11.3 Å². The third kappa shape index (κ3) is 2.60. The highest BCUT2D eigenvalue weighted by Crippen LogP contribution is 2.21. The van der Waals surface area contributed by atoms with Gasteiger partial charge in [-0.3, -0.25) is 4.98 Å². The molecule has 2 rings (SSSR count).